The van der Waals surface area contributed by atoms with E-state index in [1.807, 2.05) is 18.2 Å². The van der Waals surface area contributed by atoms with Gasteiger partial charge in [-0.2, -0.15) is 0 Å². The standard InChI is InChI=1S/C19H21ClN2O3/c20-16-3-1-14(2-4-16)11-21-5-7-22(8-6-21)12-15-9-18-19(10-17(15)23)25-13-24-18/h1-4,9-10,23H,5-8,11-13H2/p+2. The fraction of sp³-hybridized carbons (Fsp3) is 0.368. The zero-order valence-electron chi connectivity index (χ0n) is 14.1. The van der Waals surface area contributed by atoms with Crippen molar-refractivity contribution in [3.8, 4) is 17.2 Å². The Morgan fingerprint density at radius 1 is 0.880 bits per heavy atom. The first-order valence-corrected chi connectivity index (χ1v) is 9.08. The molecule has 2 aliphatic rings. The maximum atomic E-state index is 10.2. The van der Waals surface area contributed by atoms with Gasteiger partial charge >= 0.3 is 0 Å². The molecule has 1 saturated heterocycles. The predicted octanol–water partition coefficient (Wildman–Crippen LogP) is 0.258. The lowest BCUT2D eigenvalue weighted by atomic mass is 10.1. The molecule has 0 spiro atoms. The summed E-state index contributed by atoms with van der Waals surface area (Å²) in [6, 6.07) is 11.7. The van der Waals surface area contributed by atoms with Gasteiger partial charge in [0, 0.05) is 16.7 Å². The van der Waals surface area contributed by atoms with Crippen LogP contribution in [0.3, 0.4) is 0 Å². The number of nitrogens with one attached hydrogen (secondary N) is 2. The Morgan fingerprint density at radius 3 is 2.16 bits per heavy atom. The Morgan fingerprint density at radius 2 is 1.48 bits per heavy atom. The molecular formula is C19H23ClN2O3+2. The van der Waals surface area contributed by atoms with Gasteiger partial charge in [-0.1, -0.05) is 23.7 Å². The number of hydrogen-bond donors (Lipinski definition) is 3. The fourth-order valence-corrected chi connectivity index (χ4v) is 3.71. The van der Waals surface area contributed by atoms with E-state index in [1.54, 1.807) is 11.0 Å². The van der Waals surface area contributed by atoms with E-state index in [9.17, 15) is 5.11 Å². The molecule has 2 aliphatic heterocycles. The van der Waals surface area contributed by atoms with Crippen LogP contribution >= 0.6 is 11.6 Å². The minimum absolute atomic E-state index is 0.234. The van der Waals surface area contributed by atoms with E-state index in [1.165, 1.54) is 10.5 Å². The predicted molar refractivity (Wildman–Crippen MR) is 94.5 cm³/mol. The van der Waals surface area contributed by atoms with E-state index in [0.717, 1.165) is 55.6 Å². The van der Waals surface area contributed by atoms with Crippen LogP contribution < -0.4 is 19.3 Å². The fourth-order valence-electron chi connectivity index (χ4n) is 3.59. The highest BCUT2D eigenvalue weighted by Crippen LogP contribution is 2.37. The van der Waals surface area contributed by atoms with E-state index in [0.29, 0.717) is 11.5 Å². The molecule has 3 N–H and O–H groups in total. The second-order valence-corrected chi connectivity index (χ2v) is 7.25. The van der Waals surface area contributed by atoms with Gasteiger partial charge in [0.05, 0.1) is 5.56 Å². The number of hydrogen-bond acceptors (Lipinski definition) is 3. The van der Waals surface area contributed by atoms with Gasteiger partial charge in [0.2, 0.25) is 6.79 Å². The van der Waals surface area contributed by atoms with Crippen LogP contribution in [0.25, 0.3) is 0 Å². The zero-order chi connectivity index (χ0) is 17.2. The normalized spacial score (nSPS) is 22.1. The van der Waals surface area contributed by atoms with Crippen molar-refractivity contribution >= 4 is 11.6 Å². The Balaban J connectivity index is 1.32. The zero-order valence-corrected chi connectivity index (χ0v) is 14.8. The summed E-state index contributed by atoms with van der Waals surface area (Å²) in [5, 5.41) is 11.0. The molecule has 0 radical (unpaired) electrons. The minimum atomic E-state index is 0.234. The average molecular weight is 363 g/mol. The summed E-state index contributed by atoms with van der Waals surface area (Å²) in [4.78, 5) is 3.09. The molecule has 0 aromatic heterocycles. The van der Waals surface area contributed by atoms with E-state index < -0.39 is 0 Å². The molecule has 6 heteroatoms. The number of phenols is 1. The van der Waals surface area contributed by atoms with Crippen LogP contribution in [0.15, 0.2) is 36.4 Å². The molecule has 25 heavy (non-hydrogen) atoms. The van der Waals surface area contributed by atoms with Gasteiger partial charge in [-0.3, -0.25) is 0 Å². The summed E-state index contributed by atoms with van der Waals surface area (Å²) >= 11 is 5.95. The van der Waals surface area contributed by atoms with Crippen molar-refractivity contribution in [2.75, 3.05) is 33.0 Å². The minimum Gasteiger partial charge on any atom is -0.507 e. The monoisotopic (exact) mass is 362 g/mol. The first kappa shape index (κ1) is 16.5. The molecule has 4 rings (SSSR count). The van der Waals surface area contributed by atoms with Gasteiger partial charge in [0.1, 0.15) is 45.0 Å². The number of ether oxygens (including phenoxy) is 2. The number of fused-ring (bicyclic) bond motifs is 1. The Bertz CT molecular complexity index is 743. The molecule has 0 amide bonds. The molecule has 0 saturated carbocycles. The average Bonchev–Trinajstić information content (AvgIpc) is 3.06. The van der Waals surface area contributed by atoms with Crippen LogP contribution in [-0.4, -0.2) is 38.1 Å². The van der Waals surface area contributed by atoms with Gasteiger partial charge in [-0.15, -0.1) is 0 Å². The highest BCUT2D eigenvalue weighted by molar-refractivity contribution is 6.30. The van der Waals surface area contributed by atoms with Crippen molar-refractivity contribution in [3.63, 3.8) is 0 Å². The Labute approximate surface area is 152 Å². The number of piperazine rings is 1. The molecule has 132 valence electrons. The maximum Gasteiger partial charge on any atom is 0.231 e. The van der Waals surface area contributed by atoms with E-state index in [4.69, 9.17) is 21.1 Å². The number of quaternary nitrogens is 2. The van der Waals surface area contributed by atoms with Crippen LogP contribution in [0.2, 0.25) is 5.02 Å². The lowest BCUT2D eigenvalue weighted by Gasteiger charge is -2.30. The summed E-state index contributed by atoms with van der Waals surface area (Å²) in [5.41, 5.74) is 2.26. The van der Waals surface area contributed by atoms with E-state index in [2.05, 4.69) is 12.1 Å². The highest BCUT2D eigenvalue weighted by Gasteiger charge is 2.25. The molecule has 1 fully saturated rings. The van der Waals surface area contributed by atoms with Crippen molar-refractivity contribution in [2.24, 2.45) is 0 Å². The molecule has 0 aliphatic carbocycles. The number of aromatic hydroxyl groups is 1. The molecule has 2 aromatic rings. The van der Waals surface area contributed by atoms with Crippen LogP contribution in [-0.2, 0) is 13.1 Å². The topological polar surface area (TPSA) is 47.6 Å². The van der Waals surface area contributed by atoms with Crippen LogP contribution in [0, 0.1) is 0 Å². The van der Waals surface area contributed by atoms with Gasteiger partial charge in [0.25, 0.3) is 0 Å². The Kier molecular flexibility index (Phi) is 4.70. The maximum absolute atomic E-state index is 10.2. The summed E-state index contributed by atoms with van der Waals surface area (Å²) in [5.74, 6) is 1.67. The summed E-state index contributed by atoms with van der Waals surface area (Å²) in [6.45, 7) is 6.54. The number of phenolic OH excluding ortho intramolecular Hbond substituents is 1. The smallest absolute Gasteiger partial charge is 0.231 e. The summed E-state index contributed by atoms with van der Waals surface area (Å²) < 4.78 is 10.7. The Hall–Kier alpha value is -1.95. The molecule has 5 nitrogen and oxygen atoms in total. The van der Waals surface area contributed by atoms with Crippen LogP contribution in [0.5, 0.6) is 17.2 Å². The van der Waals surface area contributed by atoms with Crippen LogP contribution in [0.4, 0.5) is 0 Å². The van der Waals surface area contributed by atoms with Crippen molar-refractivity contribution in [2.45, 2.75) is 13.1 Å². The van der Waals surface area contributed by atoms with Gasteiger partial charge in [-0.05, 0) is 18.2 Å². The van der Waals surface area contributed by atoms with Crippen LogP contribution in [0.1, 0.15) is 11.1 Å². The first-order valence-electron chi connectivity index (χ1n) is 8.70. The summed E-state index contributed by atoms with van der Waals surface area (Å²) in [7, 11) is 0. The molecular weight excluding hydrogens is 340 g/mol. The number of rotatable bonds is 4. The lowest BCUT2D eigenvalue weighted by Crippen LogP contribution is -3.27. The molecule has 0 atom stereocenters. The van der Waals surface area contributed by atoms with Crippen molar-refractivity contribution < 1.29 is 24.4 Å². The quantitative estimate of drug-likeness (QED) is 0.731. The third-order valence-corrected chi connectivity index (χ3v) is 5.30. The van der Waals surface area contributed by atoms with E-state index in [-0.39, 0.29) is 6.79 Å². The molecule has 2 aromatic carbocycles. The van der Waals surface area contributed by atoms with Crippen molar-refractivity contribution in [3.05, 3.63) is 52.5 Å². The number of benzene rings is 2. The molecule has 0 bridgehead atoms. The molecule has 0 unspecified atom stereocenters. The second kappa shape index (κ2) is 7.12. The second-order valence-electron chi connectivity index (χ2n) is 6.81. The third-order valence-electron chi connectivity index (χ3n) is 5.05. The van der Waals surface area contributed by atoms with Crippen molar-refractivity contribution in [1.29, 1.82) is 0 Å². The van der Waals surface area contributed by atoms with Gasteiger partial charge in [0.15, 0.2) is 11.5 Å². The van der Waals surface area contributed by atoms with E-state index >= 15 is 0 Å². The van der Waals surface area contributed by atoms with Crippen molar-refractivity contribution in [1.82, 2.24) is 0 Å². The first-order chi connectivity index (χ1) is 12.2. The SMILES string of the molecule is Oc1cc2c(cc1C[NH+]1CC[NH+](Cc3ccc(Cl)cc3)CC1)OCO2. The largest absolute Gasteiger partial charge is 0.507 e. The third kappa shape index (κ3) is 3.84. The summed E-state index contributed by atoms with van der Waals surface area (Å²) in [6.07, 6.45) is 0. The van der Waals surface area contributed by atoms with Gasteiger partial charge in [-0.25, -0.2) is 0 Å². The lowest BCUT2D eigenvalue weighted by molar-refractivity contribution is -1.02. The molecule has 2 heterocycles. The number of halogens is 1. The highest BCUT2D eigenvalue weighted by atomic mass is 35.5. The van der Waals surface area contributed by atoms with Gasteiger partial charge < -0.3 is 24.4 Å².